The predicted molar refractivity (Wildman–Crippen MR) is 96.0 cm³/mol. The van der Waals surface area contributed by atoms with Crippen LogP contribution in [0, 0.1) is 18.3 Å². The van der Waals surface area contributed by atoms with Gasteiger partial charge in [0.05, 0.1) is 0 Å². The maximum absolute atomic E-state index is 12.4. The fourth-order valence-corrected chi connectivity index (χ4v) is 2.20. The van der Waals surface area contributed by atoms with Crippen LogP contribution in [0.15, 0.2) is 30.3 Å². The van der Waals surface area contributed by atoms with E-state index in [1.54, 1.807) is 0 Å². The first kappa shape index (κ1) is 21.0. The Morgan fingerprint density at radius 3 is 2.35 bits per heavy atom. The Hall–Kier alpha value is -3.01. The highest BCUT2D eigenvalue weighted by Gasteiger charge is 2.27. The highest BCUT2D eigenvalue weighted by atomic mass is 16.5. The number of ether oxygens (including phenoxy) is 1. The average molecular weight is 360 g/mol. The number of amides is 2. The van der Waals surface area contributed by atoms with Gasteiger partial charge in [-0.1, -0.05) is 44.2 Å². The zero-order valence-corrected chi connectivity index (χ0v) is 14.9. The Labute approximate surface area is 153 Å². The minimum Gasteiger partial charge on any atom is -0.480 e. The van der Waals surface area contributed by atoms with Crippen molar-refractivity contribution in [3.63, 3.8) is 0 Å². The lowest BCUT2D eigenvalue weighted by atomic mass is 10.0. The summed E-state index contributed by atoms with van der Waals surface area (Å²) in [6.45, 7) is 3.83. The number of alkyl carbamates (subject to hydrolysis) is 1. The largest absolute Gasteiger partial charge is 0.480 e. The van der Waals surface area contributed by atoms with Crippen LogP contribution < -0.4 is 10.6 Å². The van der Waals surface area contributed by atoms with Crippen molar-refractivity contribution in [3.05, 3.63) is 35.9 Å². The third-order valence-electron chi connectivity index (χ3n) is 3.46. The van der Waals surface area contributed by atoms with Crippen molar-refractivity contribution in [1.82, 2.24) is 10.6 Å². The van der Waals surface area contributed by atoms with E-state index in [0.29, 0.717) is 6.42 Å². The van der Waals surface area contributed by atoms with Gasteiger partial charge in [-0.2, -0.15) is 0 Å². The maximum atomic E-state index is 12.4. The zero-order chi connectivity index (χ0) is 19.5. The highest BCUT2D eigenvalue weighted by Crippen LogP contribution is 2.07. The van der Waals surface area contributed by atoms with Gasteiger partial charge in [0.15, 0.2) is 0 Å². The van der Waals surface area contributed by atoms with Gasteiger partial charge in [0.25, 0.3) is 0 Å². The number of carboxylic acid groups (broad SMARTS) is 1. The van der Waals surface area contributed by atoms with E-state index in [2.05, 4.69) is 16.6 Å². The first-order valence-corrected chi connectivity index (χ1v) is 8.27. The van der Waals surface area contributed by atoms with E-state index in [0.717, 1.165) is 5.56 Å². The number of hydrogen-bond acceptors (Lipinski definition) is 4. The summed E-state index contributed by atoms with van der Waals surface area (Å²) in [5, 5.41) is 13.9. The molecule has 7 heteroatoms. The van der Waals surface area contributed by atoms with Gasteiger partial charge in [-0.25, -0.2) is 9.59 Å². The molecular weight excluding hydrogens is 336 g/mol. The van der Waals surface area contributed by atoms with Crippen LogP contribution in [0.1, 0.15) is 32.3 Å². The Bertz CT molecular complexity index is 652. The summed E-state index contributed by atoms with van der Waals surface area (Å²) in [7, 11) is 0. The second-order valence-electron chi connectivity index (χ2n) is 6.20. The summed E-state index contributed by atoms with van der Waals surface area (Å²) >= 11 is 0. The number of benzene rings is 1. The van der Waals surface area contributed by atoms with Crippen LogP contribution in [0.25, 0.3) is 0 Å². The number of nitrogens with one attached hydrogen (secondary N) is 2. The van der Waals surface area contributed by atoms with E-state index in [-0.39, 0.29) is 18.9 Å². The van der Waals surface area contributed by atoms with Gasteiger partial charge in [-0.15, -0.1) is 12.3 Å². The predicted octanol–water partition coefficient (Wildman–Crippen LogP) is 1.92. The summed E-state index contributed by atoms with van der Waals surface area (Å²) in [4.78, 5) is 35.5. The SMILES string of the molecule is C#CC[C@@H](NC(=O)[C@H](CC(C)C)NC(=O)OCc1ccccc1)C(=O)O. The molecule has 1 aromatic carbocycles. The monoisotopic (exact) mass is 360 g/mol. The molecule has 0 fully saturated rings. The summed E-state index contributed by atoms with van der Waals surface area (Å²) in [5.41, 5.74) is 0.812. The second kappa shape index (κ2) is 10.8. The van der Waals surface area contributed by atoms with Crippen molar-refractivity contribution in [2.45, 2.75) is 45.4 Å². The summed E-state index contributed by atoms with van der Waals surface area (Å²) in [5.74, 6) is 0.456. The Kier molecular flexibility index (Phi) is 8.71. The lowest BCUT2D eigenvalue weighted by Gasteiger charge is -2.22. The first-order valence-electron chi connectivity index (χ1n) is 8.27. The Morgan fingerprint density at radius 1 is 1.15 bits per heavy atom. The molecule has 0 aliphatic rings. The standard InChI is InChI=1S/C19H24N2O5/c1-4-8-15(18(23)24)20-17(22)16(11-13(2)3)21-19(25)26-12-14-9-6-5-7-10-14/h1,5-7,9-10,13,15-16H,8,11-12H2,2-3H3,(H,20,22)(H,21,25)(H,23,24)/t15-,16+/m1/s1. The number of carbonyl (C=O) groups is 3. The molecule has 0 heterocycles. The molecule has 2 atom stereocenters. The number of carboxylic acids is 1. The van der Waals surface area contributed by atoms with E-state index in [9.17, 15) is 14.4 Å². The van der Waals surface area contributed by atoms with Crippen LogP contribution >= 0.6 is 0 Å². The molecule has 0 radical (unpaired) electrons. The van der Waals surface area contributed by atoms with Crippen LogP contribution in [-0.2, 0) is 20.9 Å². The highest BCUT2D eigenvalue weighted by molar-refractivity contribution is 5.89. The third kappa shape index (κ3) is 7.71. The summed E-state index contributed by atoms with van der Waals surface area (Å²) in [6.07, 6.45) is 4.55. The fourth-order valence-electron chi connectivity index (χ4n) is 2.20. The molecule has 0 saturated heterocycles. The van der Waals surface area contributed by atoms with E-state index < -0.39 is 30.1 Å². The molecule has 1 aromatic rings. The van der Waals surface area contributed by atoms with Crippen LogP contribution in [0.5, 0.6) is 0 Å². The van der Waals surface area contributed by atoms with Gasteiger partial charge in [0, 0.05) is 6.42 Å². The van der Waals surface area contributed by atoms with Crippen LogP contribution in [0.3, 0.4) is 0 Å². The van der Waals surface area contributed by atoms with Gasteiger partial charge in [-0.05, 0) is 17.9 Å². The van der Waals surface area contributed by atoms with E-state index >= 15 is 0 Å². The zero-order valence-electron chi connectivity index (χ0n) is 14.9. The molecule has 0 spiro atoms. The summed E-state index contributed by atoms with van der Waals surface area (Å²) in [6, 6.07) is 6.99. The van der Waals surface area contributed by atoms with Gasteiger partial charge < -0.3 is 20.5 Å². The molecule has 1 rings (SSSR count). The summed E-state index contributed by atoms with van der Waals surface area (Å²) < 4.78 is 5.11. The molecule has 7 nitrogen and oxygen atoms in total. The van der Waals surface area contributed by atoms with Crippen molar-refractivity contribution < 1.29 is 24.2 Å². The molecule has 0 aliphatic carbocycles. The smallest absolute Gasteiger partial charge is 0.408 e. The Balaban J connectivity index is 2.66. The van der Waals surface area contributed by atoms with Crippen LogP contribution in [-0.4, -0.2) is 35.2 Å². The minimum absolute atomic E-state index is 0.0670. The van der Waals surface area contributed by atoms with Crippen molar-refractivity contribution in [2.75, 3.05) is 0 Å². The molecule has 3 N–H and O–H groups in total. The van der Waals surface area contributed by atoms with Gasteiger partial charge >= 0.3 is 12.1 Å². The quantitative estimate of drug-likeness (QED) is 0.584. The van der Waals surface area contributed by atoms with Crippen molar-refractivity contribution in [1.29, 1.82) is 0 Å². The van der Waals surface area contributed by atoms with E-state index in [1.807, 2.05) is 44.2 Å². The van der Waals surface area contributed by atoms with Crippen molar-refractivity contribution in [3.8, 4) is 12.3 Å². The normalized spacial score (nSPS) is 12.5. The van der Waals surface area contributed by atoms with Crippen LogP contribution in [0.4, 0.5) is 4.79 Å². The molecule has 0 saturated carbocycles. The Morgan fingerprint density at radius 2 is 1.81 bits per heavy atom. The van der Waals surface area contributed by atoms with Crippen LogP contribution in [0.2, 0.25) is 0 Å². The van der Waals surface area contributed by atoms with E-state index in [1.165, 1.54) is 0 Å². The topological polar surface area (TPSA) is 105 Å². The number of terminal acetylenes is 1. The first-order chi connectivity index (χ1) is 12.3. The lowest BCUT2D eigenvalue weighted by Crippen LogP contribution is -2.52. The molecule has 0 bridgehead atoms. The third-order valence-corrected chi connectivity index (χ3v) is 3.46. The fraction of sp³-hybridized carbons (Fsp3) is 0.421. The average Bonchev–Trinajstić information content (AvgIpc) is 2.59. The van der Waals surface area contributed by atoms with Crippen molar-refractivity contribution >= 4 is 18.0 Å². The van der Waals surface area contributed by atoms with Crippen molar-refractivity contribution in [2.24, 2.45) is 5.92 Å². The molecule has 26 heavy (non-hydrogen) atoms. The van der Waals surface area contributed by atoms with E-state index in [4.69, 9.17) is 16.3 Å². The minimum atomic E-state index is -1.23. The second-order valence-corrected chi connectivity index (χ2v) is 6.20. The number of aliphatic carboxylic acids is 1. The molecule has 140 valence electrons. The number of rotatable bonds is 9. The maximum Gasteiger partial charge on any atom is 0.408 e. The van der Waals surface area contributed by atoms with Gasteiger partial charge in [0.1, 0.15) is 18.7 Å². The number of carbonyl (C=O) groups excluding carboxylic acids is 2. The molecule has 0 aromatic heterocycles. The molecular formula is C19H24N2O5. The molecule has 2 amide bonds. The lowest BCUT2D eigenvalue weighted by molar-refractivity contribution is -0.142. The van der Waals surface area contributed by atoms with Gasteiger partial charge in [-0.3, -0.25) is 4.79 Å². The van der Waals surface area contributed by atoms with Gasteiger partial charge in [0.2, 0.25) is 5.91 Å². The number of hydrogen-bond donors (Lipinski definition) is 3. The molecule has 0 aliphatic heterocycles. The molecule has 0 unspecified atom stereocenters.